The summed E-state index contributed by atoms with van der Waals surface area (Å²) >= 11 is 6.13. The molecule has 0 spiro atoms. The van der Waals surface area contributed by atoms with Crippen LogP contribution in [0.15, 0.2) is 42.0 Å². The first-order chi connectivity index (χ1) is 8.60. The van der Waals surface area contributed by atoms with Gasteiger partial charge in [-0.1, -0.05) is 29.8 Å². The van der Waals surface area contributed by atoms with Crippen LogP contribution in [0.4, 0.5) is 0 Å². The Bertz CT molecular complexity index is 478. The molecule has 0 saturated carbocycles. The fourth-order valence-corrected chi connectivity index (χ4v) is 1.70. The average Bonchev–Trinajstić information content (AvgIpc) is 2.36. The zero-order chi connectivity index (χ0) is 13.5. The normalized spacial score (nSPS) is 11.5. The Hall–Kier alpha value is -1.74. The van der Waals surface area contributed by atoms with E-state index >= 15 is 0 Å². The molecule has 0 amide bonds. The van der Waals surface area contributed by atoms with Gasteiger partial charge >= 0.3 is 5.97 Å². The maximum Gasteiger partial charge on any atom is 0.308 e. The molecule has 1 aromatic rings. The number of allylic oxidation sites excluding steroid dienone is 2. The van der Waals surface area contributed by atoms with Crippen molar-refractivity contribution in [1.82, 2.24) is 0 Å². The number of carbonyl (C=O) groups excluding carboxylic acids is 1. The summed E-state index contributed by atoms with van der Waals surface area (Å²) in [6, 6.07) is 7.20. The first-order valence-electron chi connectivity index (χ1n) is 5.41. The number of hydrogen-bond donors (Lipinski definition) is 0. The van der Waals surface area contributed by atoms with E-state index in [4.69, 9.17) is 21.1 Å². The van der Waals surface area contributed by atoms with Gasteiger partial charge in [0.15, 0.2) is 5.76 Å². The molecule has 0 aromatic heterocycles. The molecule has 0 heterocycles. The molecule has 0 bridgehead atoms. The maximum atomic E-state index is 11.2. The number of hydrogen-bond acceptors (Lipinski definition) is 3. The molecule has 1 aromatic carbocycles. The van der Waals surface area contributed by atoms with E-state index in [2.05, 4.69) is 6.58 Å². The van der Waals surface area contributed by atoms with Crippen molar-refractivity contribution in [3.05, 3.63) is 47.5 Å². The van der Waals surface area contributed by atoms with Crippen LogP contribution in [0.2, 0.25) is 0 Å². The molecule has 0 aliphatic carbocycles. The molecule has 4 heteroatoms. The Morgan fingerprint density at radius 1 is 1.44 bits per heavy atom. The third-order valence-corrected chi connectivity index (χ3v) is 2.49. The van der Waals surface area contributed by atoms with Crippen molar-refractivity contribution in [1.29, 1.82) is 0 Å². The Labute approximate surface area is 112 Å². The second-order valence-electron chi connectivity index (χ2n) is 3.52. The lowest BCUT2D eigenvalue weighted by Crippen LogP contribution is -2.02. The predicted octanol–water partition coefficient (Wildman–Crippen LogP) is 3.74. The molecule has 3 nitrogen and oxygen atoms in total. The number of esters is 1. The van der Waals surface area contributed by atoms with E-state index in [0.29, 0.717) is 28.5 Å². The van der Waals surface area contributed by atoms with Gasteiger partial charge in [-0.2, -0.15) is 0 Å². The summed E-state index contributed by atoms with van der Waals surface area (Å²) in [5.74, 6) is 0.468. The fraction of sp³-hybridized carbons (Fsp3) is 0.214. The standard InChI is InChI=1S/C14H15ClO3/c1-4-7-12(15)14(18-10(2)16)11-8-5-6-9-13(11)17-3/h4-6,8-9H,1,7H2,2-3H3/b14-12-. The van der Waals surface area contributed by atoms with Gasteiger partial charge in [0, 0.05) is 13.3 Å². The molecule has 0 atom stereocenters. The smallest absolute Gasteiger partial charge is 0.308 e. The lowest BCUT2D eigenvalue weighted by atomic mass is 10.1. The van der Waals surface area contributed by atoms with Gasteiger partial charge in [-0.25, -0.2) is 0 Å². The Morgan fingerprint density at radius 3 is 2.67 bits per heavy atom. The third-order valence-electron chi connectivity index (χ3n) is 2.17. The van der Waals surface area contributed by atoms with Crippen LogP contribution in [0.3, 0.4) is 0 Å². The van der Waals surface area contributed by atoms with Crippen LogP contribution in [0, 0.1) is 0 Å². The number of halogens is 1. The van der Waals surface area contributed by atoms with E-state index in [1.807, 2.05) is 12.1 Å². The molecule has 1 rings (SSSR count). The second kappa shape index (κ2) is 6.87. The number of methoxy groups -OCH3 is 1. The van der Waals surface area contributed by atoms with Crippen molar-refractivity contribution in [2.24, 2.45) is 0 Å². The SMILES string of the molecule is C=CC/C(Cl)=C(/OC(C)=O)c1ccccc1OC. The lowest BCUT2D eigenvalue weighted by Gasteiger charge is -2.13. The van der Waals surface area contributed by atoms with Crippen molar-refractivity contribution in [2.75, 3.05) is 7.11 Å². The largest absolute Gasteiger partial charge is 0.496 e. The van der Waals surface area contributed by atoms with Crippen molar-refractivity contribution in [2.45, 2.75) is 13.3 Å². The topological polar surface area (TPSA) is 35.5 Å². The summed E-state index contributed by atoms with van der Waals surface area (Å²) in [6.45, 7) is 4.94. The number of rotatable bonds is 5. The molecule has 96 valence electrons. The lowest BCUT2D eigenvalue weighted by molar-refractivity contribution is -0.134. The van der Waals surface area contributed by atoms with Crippen LogP contribution in [0.25, 0.3) is 5.76 Å². The molecular formula is C14H15ClO3. The Kier molecular flexibility index (Phi) is 5.46. The van der Waals surface area contributed by atoms with E-state index in [1.165, 1.54) is 6.92 Å². The molecule has 0 aliphatic rings. The average molecular weight is 267 g/mol. The quantitative estimate of drug-likeness (QED) is 0.463. The molecule has 0 saturated heterocycles. The summed E-state index contributed by atoms with van der Waals surface area (Å²) in [7, 11) is 1.55. The Balaban J connectivity index is 3.29. The molecule has 18 heavy (non-hydrogen) atoms. The van der Waals surface area contributed by atoms with Gasteiger partial charge in [-0.3, -0.25) is 4.79 Å². The van der Waals surface area contributed by atoms with Gasteiger partial charge in [-0.05, 0) is 12.1 Å². The van der Waals surface area contributed by atoms with E-state index in [9.17, 15) is 4.79 Å². The van der Waals surface area contributed by atoms with E-state index < -0.39 is 5.97 Å². The van der Waals surface area contributed by atoms with Crippen LogP contribution in [-0.4, -0.2) is 13.1 Å². The van der Waals surface area contributed by atoms with Gasteiger partial charge in [-0.15, -0.1) is 6.58 Å². The number of para-hydroxylation sites is 1. The first kappa shape index (κ1) is 14.3. The summed E-state index contributed by atoms with van der Waals surface area (Å²) in [6.07, 6.45) is 2.06. The number of ether oxygens (including phenoxy) is 2. The first-order valence-corrected chi connectivity index (χ1v) is 5.79. The molecule has 0 unspecified atom stereocenters. The van der Waals surface area contributed by atoms with Crippen LogP contribution < -0.4 is 4.74 Å². The van der Waals surface area contributed by atoms with Crippen LogP contribution in [-0.2, 0) is 9.53 Å². The van der Waals surface area contributed by atoms with E-state index in [-0.39, 0.29) is 0 Å². The predicted molar refractivity (Wildman–Crippen MR) is 72.3 cm³/mol. The number of benzene rings is 1. The van der Waals surface area contributed by atoms with Gasteiger partial charge in [0.1, 0.15) is 5.75 Å². The van der Waals surface area contributed by atoms with E-state index in [1.54, 1.807) is 25.3 Å². The molecule has 0 aliphatic heterocycles. The van der Waals surface area contributed by atoms with Crippen LogP contribution in [0.1, 0.15) is 18.9 Å². The maximum absolute atomic E-state index is 11.2. The van der Waals surface area contributed by atoms with Crippen molar-refractivity contribution >= 4 is 23.3 Å². The monoisotopic (exact) mass is 266 g/mol. The van der Waals surface area contributed by atoms with Crippen molar-refractivity contribution in [3.63, 3.8) is 0 Å². The van der Waals surface area contributed by atoms with Gasteiger partial charge in [0.2, 0.25) is 0 Å². The minimum Gasteiger partial charge on any atom is -0.496 e. The third kappa shape index (κ3) is 3.64. The molecule has 0 fully saturated rings. The zero-order valence-corrected chi connectivity index (χ0v) is 11.2. The highest BCUT2D eigenvalue weighted by Crippen LogP contribution is 2.31. The highest BCUT2D eigenvalue weighted by Gasteiger charge is 2.15. The molecular weight excluding hydrogens is 252 g/mol. The highest BCUT2D eigenvalue weighted by molar-refractivity contribution is 6.32. The minimum atomic E-state index is -0.432. The van der Waals surface area contributed by atoms with Gasteiger partial charge in [0.25, 0.3) is 0 Å². The van der Waals surface area contributed by atoms with Crippen molar-refractivity contribution < 1.29 is 14.3 Å². The Morgan fingerprint density at radius 2 is 2.11 bits per heavy atom. The van der Waals surface area contributed by atoms with E-state index in [0.717, 1.165) is 0 Å². The minimum absolute atomic E-state index is 0.307. The number of carbonyl (C=O) groups is 1. The van der Waals surface area contributed by atoms with Gasteiger partial charge < -0.3 is 9.47 Å². The second-order valence-corrected chi connectivity index (χ2v) is 3.98. The van der Waals surface area contributed by atoms with Crippen LogP contribution in [0.5, 0.6) is 5.75 Å². The summed E-state index contributed by atoms with van der Waals surface area (Å²) in [5, 5.41) is 0.407. The molecule has 0 N–H and O–H groups in total. The molecule has 0 radical (unpaired) electrons. The van der Waals surface area contributed by atoms with Crippen LogP contribution >= 0.6 is 11.6 Å². The summed E-state index contributed by atoms with van der Waals surface area (Å²) in [5.41, 5.74) is 0.641. The fourth-order valence-electron chi connectivity index (χ4n) is 1.45. The summed E-state index contributed by atoms with van der Waals surface area (Å²) < 4.78 is 10.4. The highest BCUT2D eigenvalue weighted by atomic mass is 35.5. The zero-order valence-electron chi connectivity index (χ0n) is 10.4. The van der Waals surface area contributed by atoms with Crippen molar-refractivity contribution in [3.8, 4) is 5.75 Å². The summed E-state index contributed by atoms with van der Waals surface area (Å²) in [4.78, 5) is 11.2. The van der Waals surface area contributed by atoms with Gasteiger partial charge in [0.05, 0.1) is 17.7 Å².